The molecule has 2 aromatic rings. The molecule has 1 aliphatic rings. The number of pyridine rings is 1. The number of aromatic nitrogens is 4. The number of halogens is 2. The van der Waals surface area contributed by atoms with E-state index in [1.54, 1.807) is 4.68 Å². The summed E-state index contributed by atoms with van der Waals surface area (Å²) in [4.78, 5) is 16.3. The van der Waals surface area contributed by atoms with Crippen molar-refractivity contribution in [2.75, 3.05) is 11.9 Å². The number of carbonyl (C=O) groups excluding carboxylic acids is 1. The van der Waals surface area contributed by atoms with Gasteiger partial charge in [-0.3, -0.25) is 9.48 Å². The summed E-state index contributed by atoms with van der Waals surface area (Å²) < 4.78 is 15.5. The fourth-order valence-electron chi connectivity index (χ4n) is 3.16. The van der Waals surface area contributed by atoms with E-state index in [9.17, 15) is 9.18 Å². The Labute approximate surface area is 156 Å². The quantitative estimate of drug-likeness (QED) is 0.804. The topological polar surface area (TPSA) is 84.7 Å². The zero-order valence-corrected chi connectivity index (χ0v) is 15.3. The number of nitrogens with zero attached hydrogens (tertiary/aromatic N) is 4. The van der Waals surface area contributed by atoms with Crippen LogP contribution in [0.2, 0.25) is 5.02 Å². The van der Waals surface area contributed by atoms with E-state index in [4.69, 9.17) is 11.6 Å². The second kappa shape index (κ2) is 8.44. The normalized spacial score (nSPS) is 20.0. The fraction of sp³-hybridized carbons (Fsp3) is 0.529. The predicted molar refractivity (Wildman–Crippen MR) is 96.3 cm³/mol. The molecule has 0 bridgehead atoms. The van der Waals surface area contributed by atoms with E-state index in [0.717, 1.165) is 31.4 Å². The second-order valence-electron chi connectivity index (χ2n) is 6.59. The van der Waals surface area contributed by atoms with Crippen molar-refractivity contribution >= 4 is 23.3 Å². The number of aryl methyl sites for hydroxylation is 1. The third-order valence-corrected chi connectivity index (χ3v) is 4.75. The van der Waals surface area contributed by atoms with Gasteiger partial charge in [-0.2, -0.15) is 0 Å². The van der Waals surface area contributed by atoms with Crippen LogP contribution in [0.4, 0.5) is 10.2 Å². The van der Waals surface area contributed by atoms with E-state index in [1.807, 2.05) is 13.1 Å². The number of carbonyl (C=O) groups is 1. The van der Waals surface area contributed by atoms with Gasteiger partial charge in [0.15, 0.2) is 11.6 Å². The number of hydrogen-bond acceptors (Lipinski definition) is 5. The first-order valence-electron chi connectivity index (χ1n) is 8.73. The minimum absolute atomic E-state index is 0.00597. The molecule has 3 rings (SSSR count). The first kappa shape index (κ1) is 18.6. The van der Waals surface area contributed by atoms with Crippen molar-refractivity contribution < 1.29 is 9.18 Å². The highest BCUT2D eigenvalue weighted by Gasteiger charge is 2.26. The summed E-state index contributed by atoms with van der Waals surface area (Å²) in [7, 11) is 0. The zero-order valence-electron chi connectivity index (χ0n) is 14.6. The van der Waals surface area contributed by atoms with E-state index >= 15 is 0 Å². The Balaban J connectivity index is 1.40. The van der Waals surface area contributed by atoms with Gasteiger partial charge in [0.05, 0.1) is 17.3 Å². The van der Waals surface area contributed by atoms with Crippen molar-refractivity contribution in [3.05, 3.63) is 35.0 Å². The number of anilines is 1. The van der Waals surface area contributed by atoms with Crippen LogP contribution in [0.1, 0.15) is 31.4 Å². The standard InChI is InChI=1S/C17H22ClFN6O/c1-11-10-25(24-23-11)7-6-20-17(26)12-2-4-14(5-3-12)22-16-15(19)8-13(18)9-21-16/h8-10,12,14H,2-7H2,1H3,(H,20,26)(H,21,22). The molecule has 0 spiro atoms. The SMILES string of the molecule is Cc1cn(CCNC(=O)C2CCC(Nc3ncc(Cl)cc3F)CC2)nn1. The van der Waals surface area contributed by atoms with Crippen LogP contribution >= 0.6 is 11.6 Å². The van der Waals surface area contributed by atoms with Gasteiger partial charge in [-0.05, 0) is 38.7 Å². The van der Waals surface area contributed by atoms with Gasteiger partial charge in [0.25, 0.3) is 0 Å². The molecule has 2 N–H and O–H groups in total. The molecule has 26 heavy (non-hydrogen) atoms. The molecule has 7 nitrogen and oxygen atoms in total. The van der Waals surface area contributed by atoms with Crippen LogP contribution in [0, 0.1) is 18.7 Å². The van der Waals surface area contributed by atoms with Gasteiger partial charge in [-0.15, -0.1) is 5.10 Å². The van der Waals surface area contributed by atoms with Gasteiger partial charge in [-0.1, -0.05) is 16.8 Å². The molecule has 0 radical (unpaired) electrons. The maximum absolute atomic E-state index is 13.8. The van der Waals surface area contributed by atoms with E-state index in [0.29, 0.717) is 13.1 Å². The lowest BCUT2D eigenvalue weighted by Gasteiger charge is -2.28. The van der Waals surface area contributed by atoms with E-state index in [-0.39, 0.29) is 28.7 Å². The maximum Gasteiger partial charge on any atom is 0.223 e. The average molecular weight is 381 g/mol. The number of amides is 1. The predicted octanol–water partition coefficient (Wildman–Crippen LogP) is 2.56. The third-order valence-electron chi connectivity index (χ3n) is 4.54. The van der Waals surface area contributed by atoms with Crippen molar-refractivity contribution in [3.63, 3.8) is 0 Å². The van der Waals surface area contributed by atoms with E-state index < -0.39 is 5.82 Å². The largest absolute Gasteiger partial charge is 0.365 e. The lowest BCUT2D eigenvalue weighted by Crippen LogP contribution is -2.37. The summed E-state index contributed by atoms with van der Waals surface area (Å²) >= 11 is 5.71. The molecule has 0 unspecified atom stereocenters. The van der Waals surface area contributed by atoms with Crippen LogP contribution < -0.4 is 10.6 Å². The Morgan fingerprint density at radius 2 is 2.15 bits per heavy atom. The van der Waals surface area contributed by atoms with Crippen molar-refractivity contribution in [3.8, 4) is 0 Å². The minimum atomic E-state index is -0.458. The molecule has 0 saturated heterocycles. The highest BCUT2D eigenvalue weighted by atomic mass is 35.5. The molecule has 1 fully saturated rings. The van der Waals surface area contributed by atoms with Crippen molar-refractivity contribution in [1.29, 1.82) is 0 Å². The monoisotopic (exact) mass is 380 g/mol. The molecular weight excluding hydrogens is 359 g/mol. The van der Waals surface area contributed by atoms with Gasteiger partial charge in [0.2, 0.25) is 5.91 Å². The van der Waals surface area contributed by atoms with Crippen LogP contribution in [-0.4, -0.2) is 38.5 Å². The summed E-state index contributed by atoms with van der Waals surface area (Å²) in [6, 6.07) is 1.35. The highest BCUT2D eigenvalue weighted by molar-refractivity contribution is 6.30. The summed E-state index contributed by atoms with van der Waals surface area (Å²) in [5, 5.41) is 14.2. The molecule has 9 heteroatoms. The highest BCUT2D eigenvalue weighted by Crippen LogP contribution is 2.27. The zero-order chi connectivity index (χ0) is 18.5. The number of hydrogen-bond donors (Lipinski definition) is 2. The minimum Gasteiger partial charge on any atom is -0.365 e. The summed E-state index contributed by atoms with van der Waals surface area (Å²) in [6.45, 7) is 3.00. The molecule has 2 heterocycles. The Morgan fingerprint density at radius 1 is 1.38 bits per heavy atom. The Hall–Kier alpha value is -2.22. The van der Waals surface area contributed by atoms with Gasteiger partial charge in [0, 0.05) is 30.9 Å². The summed E-state index contributed by atoms with van der Waals surface area (Å²) in [5.41, 5.74) is 0.855. The first-order chi connectivity index (χ1) is 12.5. The van der Waals surface area contributed by atoms with Crippen molar-refractivity contribution in [2.24, 2.45) is 5.92 Å². The molecule has 1 amide bonds. The molecule has 140 valence electrons. The Bertz CT molecular complexity index is 759. The summed E-state index contributed by atoms with van der Waals surface area (Å²) in [5.74, 6) is -0.184. The van der Waals surface area contributed by atoms with Gasteiger partial charge in [-0.25, -0.2) is 9.37 Å². The van der Waals surface area contributed by atoms with Gasteiger partial charge < -0.3 is 10.6 Å². The van der Waals surface area contributed by atoms with Crippen LogP contribution in [0.5, 0.6) is 0 Å². The van der Waals surface area contributed by atoms with Crippen molar-refractivity contribution in [1.82, 2.24) is 25.3 Å². The van der Waals surface area contributed by atoms with Crippen LogP contribution in [0.15, 0.2) is 18.5 Å². The van der Waals surface area contributed by atoms with E-state index in [2.05, 4.69) is 25.9 Å². The molecule has 0 aliphatic heterocycles. The van der Waals surface area contributed by atoms with Gasteiger partial charge in [0.1, 0.15) is 0 Å². The lowest BCUT2D eigenvalue weighted by molar-refractivity contribution is -0.126. The van der Waals surface area contributed by atoms with Crippen molar-refractivity contribution in [2.45, 2.75) is 45.2 Å². The molecule has 1 saturated carbocycles. The molecular formula is C17H22ClFN6O. The lowest BCUT2D eigenvalue weighted by atomic mass is 9.85. The maximum atomic E-state index is 13.8. The second-order valence-corrected chi connectivity index (χ2v) is 7.03. The van der Waals surface area contributed by atoms with Crippen LogP contribution in [-0.2, 0) is 11.3 Å². The third kappa shape index (κ3) is 4.91. The molecule has 2 aromatic heterocycles. The van der Waals surface area contributed by atoms with E-state index in [1.165, 1.54) is 12.3 Å². The Morgan fingerprint density at radius 3 is 2.81 bits per heavy atom. The van der Waals surface area contributed by atoms with Crippen LogP contribution in [0.25, 0.3) is 0 Å². The van der Waals surface area contributed by atoms with Crippen LogP contribution in [0.3, 0.4) is 0 Å². The Kier molecular flexibility index (Phi) is 6.03. The summed E-state index contributed by atoms with van der Waals surface area (Å²) in [6.07, 6.45) is 6.38. The molecule has 0 atom stereocenters. The first-order valence-corrected chi connectivity index (χ1v) is 9.11. The number of nitrogens with one attached hydrogen (secondary N) is 2. The molecule has 0 aromatic carbocycles. The number of rotatable bonds is 6. The average Bonchev–Trinajstić information content (AvgIpc) is 3.03. The fourth-order valence-corrected chi connectivity index (χ4v) is 3.30. The smallest absolute Gasteiger partial charge is 0.223 e. The molecule has 1 aliphatic carbocycles. The van der Waals surface area contributed by atoms with Gasteiger partial charge >= 0.3 is 0 Å².